The van der Waals surface area contributed by atoms with Crippen molar-refractivity contribution in [3.63, 3.8) is 0 Å². The maximum Gasteiger partial charge on any atom is 0.308 e. The average molecular weight is 318 g/mol. The van der Waals surface area contributed by atoms with E-state index in [2.05, 4.69) is 17.0 Å². The molecule has 2 unspecified atom stereocenters. The highest BCUT2D eigenvalue weighted by Crippen LogP contribution is 2.33. The Morgan fingerprint density at radius 3 is 2.18 bits per heavy atom. The number of aliphatic carboxylic acids is 1. The van der Waals surface area contributed by atoms with Crippen molar-refractivity contribution >= 4 is 18.4 Å². The van der Waals surface area contributed by atoms with Gasteiger partial charge >= 0.3 is 5.97 Å². The molecular formula is C18H20ClNO2. The molecule has 1 heterocycles. The van der Waals surface area contributed by atoms with Crippen LogP contribution in [-0.4, -0.2) is 29.1 Å². The van der Waals surface area contributed by atoms with Crippen LogP contribution in [0, 0.1) is 5.92 Å². The SMILES string of the molecule is Cl.O=C(O)C1CN(Cc2ccccc2)CC1c1ccccc1. The van der Waals surface area contributed by atoms with Gasteiger partial charge in [0, 0.05) is 25.6 Å². The quantitative estimate of drug-likeness (QED) is 0.939. The van der Waals surface area contributed by atoms with Gasteiger partial charge in [0.05, 0.1) is 5.92 Å². The van der Waals surface area contributed by atoms with Crippen LogP contribution < -0.4 is 0 Å². The predicted octanol–water partition coefficient (Wildman–Crippen LogP) is 3.41. The van der Waals surface area contributed by atoms with E-state index in [9.17, 15) is 9.90 Å². The lowest BCUT2D eigenvalue weighted by Gasteiger charge is -2.16. The van der Waals surface area contributed by atoms with E-state index in [1.165, 1.54) is 5.56 Å². The van der Waals surface area contributed by atoms with Gasteiger partial charge in [0.2, 0.25) is 0 Å². The molecule has 0 spiro atoms. The zero-order valence-corrected chi connectivity index (χ0v) is 13.1. The Morgan fingerprint density at radius 2 is 1.59 bits per heavy atom. The van der Waals surface area contributed by atoms with Crippen molar-refractivity contribution in [1.29, 1.82) is 0 Å². The number of hydrogen-bond acceptors (Lipinski definition) is 2. The lowest BCUT2D eigenvalue weighted by Crippen LogP contribution is -2.23. The van der Waals surface area contributed by atoms with Gasteiger partial charge in [-0.2, -0.15) is 0 Å². The number of rotatable bonds is 4. The fraction of sp³-hybridized carbons (Fsp3) is 0.278. The molecule has 1 N–H and O–H groups in total. The Bertz CT molecular complexity index is 603. The molecule has 1 aliphatic rings. The number of carboxylic acid groups (broad SMARTS) is 1. The molecule has 4 heteroatoms. The van der Waals surface area contributed by atoms with Gasteiger partial charge in [-0.3, -0.25) is 9.69 Å². The number of carboxylic acids is 1. The second kappa shape index (κ2) is 7.43. The first kappa shape index (κ1) is 16.5. The standard InChI is InChI=1S/C18H19NO2.ClH/c20-18(21)17-13-19(11-14-7-3-1-4-8-14)12-16(17)15-9-5-2-6-10-15;/h1-10,16-17H,11-13H2,(H,20,21);1H. The van der Waals surface area contributed by atoms with E-state index in [4.69, 9.17) is 0 Å². The van der Waals surface area contributed by atoms with Crippen LogP contribution in [0.1, 0.15) is 17.0 Å². The lowest BCUT2D eigenvalue weighted by molar-refractivity contribution is -0.141. The van der Waals surface area contributed by atoms with Crippen molar-refractivity contribution in [2.45, 2.75) is 12.5 Å². The number of carbonyl (C=O) groups is 1. The second-order valence-corrected chi connectivity index (χ2v) is 5.64. The summed E-state index contributed by atoms with van der Waals surface area (Å²) < 4.78 is 0. The molecule has 0 saturated carbocycles. The van der Waals surface area contributed by atoms with Gasteiger partial charge in [-0.25, -0.2) is 0 Å². The van der Waals surface area contributed by atoms with E-state index in [0.717, 1.165) is 18.7 Å². The van der Waals surface area contributed by atoms with Crippen molar-refractivity contribution in [3.05, 3.63) is 71.8 Å². The molecule has 1 saturated heterocycles. The number of likely N-dealkylation sites (tertiary alicyclic amines) is 1. The van der Waals surface area contributed by atoms with Crippen LogP contribution in [-0.2, 0) is 11.3 Å². The Morgan fingerprint density at radius 1 is 1.00 bits per heavy atom. The Balaban J connectivity index is 0.00000176. The van der Waals surface area contributed by atoms with Crippen molar-refractivity contribution in [1.82, 2.24) is 4.90 Å². The third-order valence-corrected chi connectivity index (χ3v) is 4.19. The summed E-state index contributed by atoms with van der Waals surface area (Å²) in [6.07, 6.45) is 0. The molecule has 116 valence electrons. The topological polar surface area (TPSA) is 40.5 Å². The van der Waals surface area contributed by atoms with E-state index in [-0.39, 0.29) is 24.2 Å². The summed E-state index contributed by atoms with van der Waals surface area (Å²) in [6, 6.07) is 20.2. The summed E-state index contributed by atoms with van der Waals surface area (Å²) in [5.41, 5.74) is 2.36. The van der Waals surface area contributed by atoms with E-state index >= 15 is 0 Å². The molecule has 2 aromatic rings. The van der Waals surface area contributed by atoms with Crippen LogP contribution >= 0.6 is 12.4 Å². The molecule has 0 aromatic heterocycles. The minimum atomic E-state index is -0.695. The van der Waals surface area contributed by atoms with Crippen LogP contribution in [0.15, 0.2) is 60.7 Å². The number of benzene rings is 2. The molecule has 2 atom stereocenters. The fourth-order valence-electron chi connectivity index (χ4n) is 3.14. The molecule has 0 radical (unpaired) electrons. The van der Waals surface area contributed by atoms with E-state index in [1.54, 1.807) is 0 Å². The highest BCUT2D eigenvalue weighted by atomic mass is 35.5. The third-order valence-electron chi connectivity index (χ3n) is 4.19. The molecule has 0 amide bonds. The second-order valence-electron chi connectivity index (χ2n) is 5.64. The molecular weight excluding hydrogens is 298 g/mol. The van der Waals surface area contributed by atoms with Gasteiger partial charge in [-0.05, 0) is 11.1 Å². The van der Waals surface area contributed by atoms with Gasteiger partial charge in [-0.15, -0.1) is 12.4 Å². The van der Waals surface area contributed by atoms with Gasteiger partial charge in [0.25, 0.3) is 0 Å². The molecule has 0 bridgehead atoms. The molecule has 1 fully saturated rings. The van der Waals surface area contributed by atoms with Crippen LogP contribution in [0.3, 0.4) is 0 Å². The first-order chi connectivity index (χ1) is 10.2. The first-order valence-corrected chi connectivity index (χ1v) is 7.28. The van der Waals surface area contributed by atoms with Crippen LogP contribution in [0.5, 0.6) is 0 Å². The normalized spacial score (nSPS) is 21.3. The van der Waals surface area contributed by atoms with Gasteiger partial charge < -0.3 is 5.11 Å². The maximum absolute atomic E-state index is 11.6. The zero-order valence-electron chi connectivity index (χ0n) is 12.3. The highest BCUT2D eigenvalue weighted by molar-refractivity contribution is 5.85. The number of nitrogens with zero attached hydrogens (tertiary/aromatic N) is 1. The first-order valence-electron chi connectivity index (χ1n) is 7.28. The largest absolute Gasteiger partial charge is 0.481 e. The third kappa shape index (κ3) is 3.67. The van der Waals surface area contributed by atoms with Crippen LogP contribution in [0.4, 0.5) is 0 Å². The average Bonchev–Trinajstić information content (AvgIpc) is 2.93. The summed E-state index contributed by atoms with van der Waals surface area (Å²) in [5, 5.41) is 9.50. The van der Waals surface area contributed by atoms with Crippen LogP contribution in [0.25, 0.3) is 0 Å². The molecule has 2 aromatic carbocycles. The minimum absolute atomic E-state index is 0. The molecule has 3 nitrogen and oxygen atoms in total. The summed E-state index contributed by atoms with van der Waals surface area (Å²) >= 11 is 0. The van der Waals surface area contributed by atoms with Crippen molar-refractivity contribution in [2.75, 3.05) is 13.1 Å². The van der Waals surface area contributed by atoms with Crippen molar-refractivity contribution < 1.29 is 9.90 Å². The molecule has 0 aliphatic carbocycles. The number of hydrogen-bond donors (Lipinski definition) is 1. The summed E-state index contributed by atoms with van der Waals surface area (Å²) in [7, 11) is 0. The Labute approximate surface area is 137 Å². The Hall–Kier alpha value is -1.84. The fourth-order valence-corrected chi connectivity index (χ4v) is 3.14. The van der Waals surface area contributed by atoms with Gasteiger partial charge in [0.15, 0.2) is 0 Å². The monoisotopic (exact) mass is 317 g/mol. The molecule has 22 heavy (non-hydrogen) atoms. The minimum Gasteiger partial charge on any atom is -0.481 e. The predicted molar refractivity (Wildman–Crippen MR) is 89.3 cm³/mol. The van der Waals surface area contributed by atoms with Gasteiger partial charge in [0.1, 0.15) is 0 Å². The summed E-state index contributed by atoms with van der Waals surface area (Å²) in [4.78, 5) is 13.8. The Kier molecular flexibility index (Phi) is 5.58. The van der Waals surface area contributed by atoms with Crippen LogP contribution in [0.2, 0.25) is 0 Å². The highest BCUT2D eigenvalue weighted by Gasteiger charge is 2.38. The van der Waals surface area contributed by atoms with Crippen molar-refractivity contribution in [3.8, 4) is 0 Å². The van der Waals surface area contributed by atoms with Gasteiger partial charge in [-0.1, -0.05) is 60.7 Å². The maximum atomic E-state index is 11.6. The summed E-state index contributed by atoms with van der Waals surface area (Å²) in [5.74, 6) is -0.942. The molecule has 1 aliphatic heterocycles. The summed E-state index contributed by atoms with van der Waals surface area (Å²) in [6.45, 7) is 2.23. The number of halogens is 1. The van der Waals surface area contributed by atoms with E-state index < -0.39 is 5.97 Å². The lowest BCUT2D eigenvalue weighted by atomic mass is 9.89. The zero-order chi connectivity index (χ0) is 14.7. The van der Waals surface area contributed by atoms with E-state index in [0.29, 0.717) is 6.54 Å². The molecule has 3 rings (SSSR count). The smallest absolute Gasteiger partial charge is 0.308 e. The van der Waals surface area contributed by atoms with Crippen molar-refractivity contribution in [2.24, 2.45) is 5.92 Å². The van der Waals surface area contributed by atoms with E-state index in [1.807, 2.05) is 48.5 Å².